The van der Waals surface area contributed by atoms with Gasteiger partial charge in [0.05, 0.1) is 0 Å². The topological polar surface area (TPSA) is 30.9 Å². The van der Waals surface area contributed by atoms with Crippen molar-refractivity contribution < 1.29 is 4.39 Å². The second-order valence-corrected chi connectivity index (χ2v) is 5.72. The van der Waals surface area contributed by atoms with Crippen LogP contribution < -0.4 is 5.73 Å². The minimum absolute atomic E-state index is 0.185. The molecule has 2 aromatic rings. The van der Waals surface area contributed by atoms with Gasteiger partial charge in [0.25, 0.3) is 0 Å². The van der Waals surface area contributed by atoms with Gasteiger partial charge in [-0.3, -0.25) is 0 Å². The molecule has 1 heterocycles. The summed E-state index contributed by atoms with van der Waals surface area (Å²) in [5.41, 5.74) is 7.82. The summed E-state index contributed by atoms with van der Waals surface area (Å²) in [4.78, 5) is 0. The van der Waals surface area contributed by atoms with E-state index in [-0.39, 0.29) is 11.9 Å². The molecule has 0 aliphatic rings. The molecule has 2 rings (SSSR count). The number of rotatable bonds is 5. The molecular formula is C15H18BrFN2. The van der Waals surface area contributed by atoms with Gasteiger partial charge in [-0.25, -0.2) is 4.39 Å². The van der Waals surface area contributed by atoms with Crippen LogP contribution >= 0.6 is 15.9 Å². The van der Waals surface area contributed by atoms with E-state index in [1.807, 2.05) is 29.1 Å². The second kappa shape index (κ2) is 6.35. The van der Waals surface area contributed by atoms with Gasteiger partial charge < -0.3 is 10.3 Å². The predicted octanol–water partition coefficient (Wildman–Crippen LogP) is 3.72. The maximum absolute atomic E-state index is 13.7. The molecule has 2 N–H and O–H groups in total. The lowest BCUT2D eigenvalue weighted by molar-refractivity contribution is 0.598. The summed E-state index contributed by atoms with van der Waals surface area (Å²) in [5, 5.41) is 0. The van der Waals surface area contributed by atoms with E-state index in [0.29, 0.717) is 12.1 Å². The highest BCUT2D eigenvalue weighted by atomic mass is 79.9. The normalized spacial score (nSPS) is 12.6. The quantitative estimate of drug-likeness (QED) is 0.892. The largest absolute Gasteiger partial charge is 0.350 e. The monoisotopic (exact) mass is 324 g/mol. The highest BCUT2D eigenvalue weighted by Gasteiger charge is 2.06. The summed E-state index contributed by atoms with van der Waals surface area (Å²) in [6.07, 6.45) is 5.84. The molecule has 0 aliphatic carbocycles. The molecule has 0 fully saturated rings. The van der Waals surface area contributed by atoms with E-state index < -0.39 is 0 Å². The Balaban J connectivity index is 2.07. The van der Waals surface area contributed by atoms with E-state index in [9.17, 15) is 4.39 Å². The zero-order chi connectivity index (χ0) is 13.8. The fourth-order valence-corrected chi connectivity index (χ4v) is 2.34. The first-order valence-electron chi connectivity index (χ1n) is 6.42. The smallest absolute Gasteiger partial charge is 0.129 e. The Kier molecular flexibility index (Phi) is 4.77. The third kappa shape index (κ3) is 3.91. The summed E-state index contributed by atoms with van der Waals surface area (Å²) >= 11 is 3.26. The zero-order valence-corrected chi connectivity index (χ0v) is 12.5. The second-order valence-electron chi connectivity index (χ2n) is 4.80. The summed E-state index contributed by atoms with van der Waals surface area (Å²) in [7, 11) is 0. The van der Waals surface area contributed by atoms with Gasteiger partial charge in [0.15, 0.2) is 0 Å². The van der Waals surface area contributed by atoms with Crippen LogP contribution in [-0.2, 0) is 13.0 Å². The Labute approximate surface area is 121 Å². The lowest BCUT2D eigenvalue weighted by atomic mass is 10.1. The van der Waals surface area contributed by atoms with E-state index in [1.165, 1.54) is 11.6 Å². The maximum atomic E-state index is 13.7. The summed E-state index contributed by atoms with van der Waals surface area (Å²) in [6.45, 7) is 2.62. The summed E-state index contributed by atoms with van der Waals surface area (Å²) in [5.74, 6) is -0.185. The van der Waals surface area contributed by atoms with Gasteiger partial charge in [-0.05, 0) is 36.6 Å². The summed E-state index contributed by atoms with van der Waals surface area (Å²) in [6, 6.07) is 7.39. The number of hydrogen-bond donors (Lipinski definition) is 1. The molecule has 0 amide bonds. The lowest BCUT2D eigenvalue weighted by Crippen LogP contribution is -2.21. The number of benzene rings is 1. The first-order chi connectivity index (χ1) is 9.08. The van der Waals surface area contributed by atoms with Crippen molar-refractivity contribution in [1.29, 1.82) is 0 Å². The number of nitrogens with zero attached hydrogens (tertiary/aromatic N) is 1. The van der Waals surface area contributed by atoms with Crippen molar-refractivity contribution in [2.45, 2.75) is 32.4 Å². The maximum Gasteiger partial charge on any atom is 0.129 e. The number of halogens is 2. The summed E-state index contributed by atoms with van der Waals surface area (Å²) < 4.78 is 16.5. The van der Waals surface area contributed by atoms with Crippen LogP contribution in [0.2, 0.25) is 0 Å². The van der Waals surface area contributed by atoms with Crippen LogP contribution in [0.25, 0.3) is 0 Å². The van der Waals surface area contributed by atoms with Gasteiger partial charge in [0, 0.05) is 35.0 Å². The van der Waals surface area contributed by atoms with Gasteiger partial charge in [0.1, 0.15) is 5.82 Å². The van der Waals surface area contributed by atoms with Crippen molar-refractivity contribution in [3.8, 4) is 0 Å². The first-order valence-corrected chi connectivity index (χ1v) is 7.22. The van der Waals surface area contributed by atoms with E-state index in [4.69, 9.17) is 5.73 Å². The van der Waals surface area contributed by atoms with Crippen LogP contribution in [0.1, 0.15) is 24.5 Å². The fourth-order valence-electron chi connectivity index (χ4n) is 2.00. The van der Waals surface area contributed by atoms with Crippen molar-refractivity contribution in [2.75, 3.05) is 0 Å². The van der Waals surface area contributed by atoms with Crippen LogP contribution in [0.5, 0.6) is 0 Å². The highest BCUT2D eigenvalue weighted by Crippen LogP contribution is 2.17. The first kappa shape index (κ1) is 14.3. The molecule has 0 aliphatic heterocycles. The number of nitrogens with two attached hydrogens (primary N) is 1. The van der Waals surface area contributed by atoms with Crippen LogP contribution in [0.15, 0.2) is 41.1 Å². The molecule has 0 saturated heterocycles. The SMILES string of the molecule is CCC(N)Cc1ccn(Cc2ccc(Br)cc2F)c1. The van der Waals surface area contributed by atoms with Gasteiger partial charge in [-0.2, -0.15) is 0 Å². The average molecular weight is 325 g/mol. The Bertz CT molecular complexity index is 551. The van der Waals surface area contributed by atoms with Gasteiger partial charge in [-0.1, -0.05) is 28.9 Å². The van der Waals surface area contributed by atoms with E-state index in [0.717, 1.165) is 17.3 Å². The standard InChI is InChI=1S/C15H18BrFN2/c1-2-14(18)7-11-5-6-19(9-11)10-12-3-4-13(16)8-15(12)17/h3-6,8-9,14H,2,7,10,18H2,1H3. The highest BCUT2D eigenvalue weighted by molar-refractivity contribution is 9.10. The van der Waals surface area contributed by atoms with Gasteiger partial charge >= 0.3 is 0 Å². The van der Waals surface area contributed by atoms with Crippen LogP contribution in [0.4, 0.5) is 4.39 Å². The minimum atomic E-state index is -0.185. The van der Waals surface area contributed by atoms with Gasteiger partial charge in [0.2, 0.25) is 0 Å². The van der Waals surface area contributed by atoms with Crippen molar-refractivity contribution in [1.82, 2.24) is 4.57 Å². The Morgan fingerprint density at radius 2 is 2.16 bits per heavy atom. The molecule has 2 nitrogen and oxygen atoms in total. The van der Waals surface area contributed by atoms with Gasteiger partial charge in [-0.15, -0.1) is 0 Å². The Morgan fingerprint density at radius 3 is 2.84 bits per heavy atom. The van der Waals surface area contributed by atoms with Crippen molar-refractivity contribution in [3.05, 3.63) is 58.1 Å². The molecule has 19 heavy (non-hydrogen) atoms. The predicted molar refractivity (Wildman–Crippen MR) is 79.6 cm³/mol. The fraction of sp³-hybridized carbons (Fsp3) is 0.333. The average Bonchev–Trinajstić information content (AvgIpc) is 2.80. The van der Waals surface area contributed by atoms with Crippen molar-refractivity contribution in [2.24, 2.45) is 5.73 Å². The molecule has 1 atom stereocenters. The molecule has 1 aromatic carbocycles. The van der Waals surface area contributed by atoms with E-state index >= 15 is 0 Å². The molecule has 4 heteroatoms. The van der Waals surface area contributed by atoms with Crippen molar-refractivity contribution >= 4 is 15.9 Å². The van der Waals surface area contributed by atoms with Crippen molar-refractivity contribution in [3.63, 3.8) is 0 Å². The third-order valence-electron chi connectivity index (χ3n) is 3.20. The molecule has 0 bridgehead atoms. The van der Waals surface area contributed by atoms with Crippen LogP contribution in [0, 0.1) is 5.82 Å². The number of hydrogen-bond acceptors (Lipinski definition) is 1. The third-order valence-corrected chi connectivity index (χ3v) is 3.70. The van der Waals surface area contributed by atoms with Crippen LogP contribution in [-0.4, -0.2) is 10.6 Å². The zero-order valence-electron chi connectivity index (χ0n) is 10.9. The Morgan fingerprint density at radius 1 is 1.37 bits per heavy atom. The van der Waals surface area contributed by atoms with E-state index in [1.54, 1.807) is 6.07 Å². The number of aromatic nitrogens is 1. The molecule has 1 aromatic heterocycles. The Hall–Kier alpha value is -1.13. The molecule has 1 unspecified atom stereocenters. The van der Waals surface area contributed by atoms with E-state index in [2.05, 4.69) is 22.9 Å². The molecule has 102 valence electrons. The molecular weight excluding hydrogens is 307 g/mol. The lowest BCUT2D eigenvalue weighted by Gasteiger charge is -2.07. The van der Waals surface area contributed by atoms with Crippen LogP contribution in [0.3, 0.4) is 0 Å². The minimum Gasteiger partial charge on any atom is -0.350 e. The molecule has 0 saturated carbocycles. The molecule has 0 radical (unpaired) electrons. The molecule has 0 spiro atoms.